The number of aromatic nitrogens is 1. The molecule has 1 unspecified atom stereocenters. The van der Waals surface area contributed by atoms with Gasteiger partial charge in [-0.2, -0.15) is 0 Å². The number of hydrogen-bond donors (Lipinski definition) is 1. The minimum absolute atomic E-state index is 0.0701. The van der Waals surface area contributed by atoms with Crippen LogP contribution in [0.3, 0.4) is 0 Å². The summed E-state index contributed by atoms with van der Waals surface area (Å²) in [7, 11) is 0. The van der Waals surface area contributed by atoms with Crippen molar-refractivity contribution in [3.63, 3.8) is 0 Å². The molecule has 94 valence electrons. The molecule has 0 fully saturated rings. The Morgan fingerprint density at radius 1 is 1.17 bits per heavy atom. The van der Waals surface area contributed by atoms with Gasteiger partial charge in [0.25, 0.3) is 0 Å². The number of benzene rings is 1. The van der Waals surface area contributed by atoms with Crippen LogP contribution < -0.4 is 5.32 Å². The molecule has 1 atom stereocenters. The Labute approximate surface area is 117 Å². The number of anilines is 1. The molecule has 0 amide bonds. The summed E-state index contributed by atoms with van der Waals surface area (Å²) in [5.74, 6) is 0. The highest BCUT2D eigenvalue weighted by atomic mass is 35.5. The van der Waals surface area contributed by atoms with Gasteiger partial charge in [0.1, 0.15) is 0 Å². The van der Waals surface area contributed by atoms with Gasteiger partial charge in [-0.05, 0) is 37.6 Å². The van der Waals surface area contributed by atoms with Crippen molar-refractivity contribution in [2.24, 2.45) is 0 Å². The van der Waals surface area contributed by atoms with E-state index in [-0.39, 0.29) is 6.04 Å². The summed E-state index contributed by atoms with van der Waals surface area (Å²) in [6, 6.07) is 9.68. The van der Waals surface area contributed by atoms with Crippen LogP contribution in [0.1, 0.15) is 24.2 Å². The van der Waals surface area contributed by atoms with E-state index in [1.165, 1.54) is 0 Å². The Bertz CT molecular complexity index is 538. The van der Waals surface area contributed by atoms with Crippen LogP contribution in [0.2, 0.25) is 10.0 Å². The van der Waals surface area contributed by atoms with Crippen LogP contribution in [0.25, 0.3) is 0 Å². The molecule has 18 heavy (non-hydrogen) atoms. The van der Waals surface area contributed by atoms with Crippen LogP contribution >= 0.6 is 23.2 Å². The molecule has 0 bridgehead atoms. The monoisotopic (exact) mass is 280 g/mol. The molecule has 1 aromatic heterocycles. The highest BCUT2D eigenvalue weighted by Crippen LogP contribution is 2.31. The third-order valence-corrected chi connectivity index (χ3v) is 3.58. The molecule has 2 rings (SSSR count). The van der Waals surface area contributed by atoms with Gasteiger partial charge in [0, 0.05) is 5.69 Å². The largest absolute Gasteiger partial charge is 0.377 e. The Morgan fingerprint density at radius 2 is 1.94 bits per heavy atom. The number of hydrogen-bond acceptors (Lipinski definition) is 2. The van der Waals surface area contributed by atoms with Crippen molar-refractivity contribution in [1.82, 2.24) is 4.98 Å². The summed E-state index contributed by atoms with van der Waals surface area (Å²) >= 11 is 12.2. The lowest BCUT2D eigenvalue weighted by molar-refractivity contribution is 0.882. The van der Waals surface area contributed by atoms with E-state index in [2.05, 4.69) is 10.3 Å². The summed E-state index contributed by atoms with van der Waals surface area (Å²) in [4.78, 5) is 4.24. The molecule has 0 saturated heterocycles. The van der Waals surface area contributed by atoms with Crippen molar-refractivity contribution in [3.8, 4) is 0 Å². The van der Waals surface area contributed by atoms with E-state index < -0.39 is 0 Å². The van der Waals surface area contributed by atoms with E-state index in [1.54, 1.807) is 6.07 Å². The molecule has 2 aromatic rings. The highest BCUT2D eigenvalue weighted by molar-refractivity contribution is 6.42. The molecule has 0 spiro atoms. The molecule has 0 aliphatic rings. The summed E-state index contributed by atoms with van der Waals surface area (Å²) in [5, 5.41) is 4.52. The Hall–Kier alpha value is -1.25. The van der Waals surface area contributed by atoms with Gasteiger partial charge in [0.05, 0.1) is 28.0 Å². The molecule has 1 aromatic carbocycles. The fourth-order valence-corrected chi connectivity index (χ4v) is 2.21. The highest BCUT2D eigenvalue weighted by Gasteiger charge is 2.11. The van der Waals surface area contributed by atoms with Crippen LogP contribution in [-0.2, 0) is 0 Å². The van der Waals surface area contributed by atoms with Crippen molar-refractivity contribution in [3.05, 3.63) is 57.8 Å². The second-order valence-corrected chi connectivity index (χ2v) is 4.98. The van der Waals surface area contributed by atoms with E-state index in [4.69, 9.17) is 23.2 Å². The average Bonchev–Trinajstić information content (AvgIpc) is 2.35. The van der Waals surface area contributed by atoms with Gasteiger partial charge in [0.15, 0.2) is 0 Å². The molecule has 0 saturated carbocycles. The SMILES string of the molecule is Cc1ccc(NC(C)c2cccc(Cl)c2Cl)cn1. The molecule has 2 nitrogen and oxygen atoms in total. The lowest BCUT2D eigenvalue weighted by Gasteiger charge is -2.17. The van der Waals surface area contributed by atoms with E-state index in [0.717, 1.165) is 16.9 Å². The van der Waals surface area contributed by atoms with Crippen LogP contribution in [0.4, 0.5) is 5.69 Å². The molecule has 1 N–H and O–H groups in total. The molecular weight excluding hydrogens is 267 g/mol. The topological polar surface area (TPSA) is 24.9 Å². The van der Waals surface area contributed by atoms with Crippen LogP contribution in [0.15, 0.2) is 36.5 Å². The zero-order chi connectivity index (χ0) is 13.1. The first-order valence-corrected chi connectivity index (χ1v) is 6.46. The Kier molecular flexibility index (Phi) is 4.10. The van der Waals surface area contributed by atoms with E-state index in [1.807, 2.05) is 44.3 Å². The summed E-state index contributed by atoms with van der Waals surface area (Å²) in [5.41, 5.74) is 2.93. The fourth-order valence-electron chi connectivity index (χ4n) is 1.74. The van der Waals surface area contributed by atoms with Crippen LogP contribution in [0.5, 0.6) is 0 Å². The first-order chi connectivity index (χ1) is 8.58. The minimum Gasteiger partial charge on any atom is -0.377 e. The van der Waals surface area contributed by atoms with E-state index in [9.17, 15) is 0 Å². The predicted octanol–water partition coefficient (Wildman–Crippen LogP) is 4.87. The quantitative estimate of drug-likeness (QED) is 0.868. The van der Waals surface area contributed by atoms with E-state index in [0.29, 0.717) is 10.0 Å². The third kappa shape index (κ3) is 2.95. The number of halogens is 2. The minimum atomic E-state index is 0.0701. The maximum absolute atomic E-state index is 6.19. The standard InChI is InChI=1S/C14H14Cl2N2/c1-9-6-7-11(8-17-9)18-10(2)12-4-3-5-13(15)14(12)16/h3-8,10,18H,1-2H3. The van der Waals surface area contributed by atoms with Gasteiger partial charge in [0.2, 0.25) is 0 Å². The summed E-state index contributed by atoms with van der Waals surface area (Å²) in [6.45, 7) is 4.00. The van der Waals surface area contributed by atoms with Gasteiger partial charge in [-0.15, -0.1) is 0 Å². The lowest BCUT2D eigenvalue weighted by atomic mass is 10.1. The summed E-state index contributed by atoms with van der Waals surface area (Å²) < 4.78 is 0. The van der Waals surface area contributed by atoms with E-state index >= 15 is 0 Å². The number of nitrogens with one attached hydrogen (secondary N) is 1. The number of pyridine rings is 1. The van der Waals surface area contributed by atoms with Crippen molar-refractivity contribution >= 4 is 28.9 Å². The van der Waals surface area contributed by atoms with Crippen molar-refractivity contribution in [1.29, 1.82) is 0 Å². The zero-order valence-corrected chi connectivity index (χ0v) is 11.8. The van der Waals surface area contributed by atoms with Gasteiger partial charge in [-0.25, -0.2) is 0 Å². The van der Waals surface area contributed by atoms with Crippen LogP contribution in [-0.4, -0.2) is 4.98 Å². The van der Waals surface area contributed by atoms with Gasteiger partial charge in [-0.1, -0.05) is 35.3 Å². The first-order valence-electron chi connectivity index (χ1n) is 5.71. The first kappa shape index (κ1) is 13.2. The summed E-state index contributed by atoms with van der Waals surface area (Å²) in [6.07, 6.45) is 1.81. The van der Waals surface area contributed by atoms with Gasteiger partial charge >= 0.3 is 0 Å². The second-order valence-electron chi connectivity index (χ2n) is 4.20. The Balaban J connectivity index is 2.19. The molecule has 0 aliphatic carbocycles. The van der Waals surface area contributed by atoms with Gasteiger partial charge in [-0.3, -0.25) is 4.98 Å². The van der Waals surface area contributed by atoms with Crippen LogP contribution in [0, 0.1) is 6.92 Å². The van der Waals surface area contributed by atoms with Crippen molar-refractivity contribution < 1.29 is 0 Å². The third-order valence-electron chi connectivity index (χ3n) is 2.74. The zero-order valence-electron chi connectivity index (χ0n) is 10.2. The molecular formula is C14H14Cl2N2. The Morgan fingerprint density at radius 3 is 2.61 bits per heavy atom. The maximum atomic E-state index is 6.19. The predicted molar refractivity (Wildman–Crippen MR) is 77.5 cm³/mol. The number of rotatable bonds is 3. The molecule has 4 heteroatoms. The molecule has 1 heterocycles. The molecule has 0 radical (unpaired) electrons. The number of aryl methyl sites for hydroxylation is 1. The number of nitrogens with zero attached hydrogens (tertiary/aromatic N) is 1. The van der Waals surface area contributed by atoms with Gasteiger partial charge < -0.3 is 5.32 Å². The smallest absolute Gasteiger partial charge is 0.0644 e. The second kappa shape index (κ2) is 5.59. The maximum Gasteiger partial charge on any atom is 0.0644 e. The normalized spacial score (nSPS) is 12.2. The van der Waals surface area contributed by atoms with Crippen molar-refractivity contribution in [2.45, 2.75) is 19.9 Å². The fraction of sp³-hybridized carbons (Fsp3) is 0.214. The average molecular weight is 281 g/mol. The van der Waals surface area contributed by atoms with Crippen molar-refractivity contribution in [2.75, 3.05) is 5.32 Å². The molecule has 0 aliphatic heterocycles. The lowest BCUT2D eigenvalue weighted by Crippen LogP contribution is -2.07.